The van der Waals surface area contributed by atoms with E-state index in [9.17, 15) is 14.4 Å². The number of rotatable bonds is 4. The highest BCUT2D eigenvalue weighted by atomic mass is 32.2. The fourth-order valence-corrected chi connectivity index (χ4v) is 4.27. The lowest BCUT2D eigenvalue weighted by atomic mass is 9.95. The van der Waals surface area contributed by atoms with Gasteiger partial charge in [-0.15, -0.1) is 11.8 Å². The van der Waals surface area contributed by atoms with E-state index < -0.39 is 17.5 Å². The van der Waals surface area contributed by atoms with Crippen LogP contribution in [0.25, 0.3) is 11.0 Å². The molecule has 1 saturated heterocycles. The van der Waals surface area contributed by atoms with E-state index in [0.29, 0.717) is 23.1 Å². The van der Waals surface area contributed by atoms with Crippen LogP contribution in [0.2, 0.25) is 0 Å². The Morgan fingerprint density at radius 2 is 2.10 bits per heavy atom. The molecule has 2 aliphatic heterocycles. The Balaban J connectivity index is 1.54. The molecule has 0 spiro atoms. The molecule has 0 bridgehead atoms. The quantitative estimate of drug-likeness (QED) is 0.507. The van der Waals surface area contributed by atoms with Crippen LogP contribution in [0.3, 0.4) is 0 Å². The summed E-state index contributed by atoms with van der Waals surface area (Å²) in [5.41, 5.74) is 0.548. The van der Waals surface area contributed by atoms with Crippen LogP contribution >= 0.6 is 11.8 Å². The summed E-state index contributed by atoms with van der Waals surface area (Å²) in [5.74, 6) is -0.470. The minimum absolute atomic E-state index is 0.0417. The zero-order valence-electron chi connectivity index (χ0n) is 15.4. The minimum atomic E-state index is -1.50. The van der Waals surface area contributed by atoms with Gasteiger partial charge in [0.2, 0.25) is 0 Å². The number of nitrogens with one attached hydrogen (secondary N) is 2. The van der Waals surface area contributed by atoms with Gasteiger partial charge in [-0.2, -0.15) is 0 Å². The first-order valence-corrected chi connectivity index (χ1v) is 10.2. The Morgan fingerprint density at radius 3 is 2.83 bits per heavy atom. The van der Waals surface area contributed by atoms with E-state index in [2.05, 4.69) is 15.6 Å². The third kappa shape index (κ3) is 2.69. The third-order valence-electron chi connectivity index (χ3n) is 5.30. The van der Waals surface area contributed by atoms with Crippen molar-refractivity contribution in [1.82, 2.24) is 20.5 Å². The number of hydrogen-bond acceptors (Lipinski definition) is 6. The second-order valence-corrected chi connectivity index (χ2v) is 7.90. The van der Waals surface area contributed by atoms with Gasteiger partial charge in [0.15, 0.2) is 5.54 Å². The number of carbonyl (C=O) groups excluding carboxylic acids is 3. The molecule has 2 N–H and O–H groups in total. The van der Waals surface area contributed by atoms with Crippen LogP contribution in [-0.2, 0) is 16.9 Å². The average molecular weight is 408 g/mol. The molecule has 0 aliphatic carbocycles. The zero-order valence-corrected chi connectivity index (χ0v) is 16.2. The standard InChI is InChI=1S/C20H16N4O4S/c1-29-13-3-2-11-9-24(17(25)14(11)7-13)10-20(18(26)22-19(27)23-20)16-6-12-8-21-5-4-15(12)28-16/h2-8H,9-10H2,1H3,(H2,22,23,26,27). The van der Waals surface area contributed by atoms with E-state index in [1.54, 1.807) is 41.2 Å². The topological polar surface area (TPSA) is 105 Å². The van der Waals surface area contributed by atoms with Gasteiger partial charge in [0.05, 0.1) is 6.54 Å². The van der Waals surface area contributed by atoms with Crippen molar-refractivity contribution in [2.75, 3.05) is 12.8 Å². The molecule has 0 radical (unpaired) electrons. The predicted molar refractivity (Wildman–Crippen MR) is 105 cm³/mol. The van der Waals surface area contributed by atoms with Crippen molar-refractivity contribution in [3.63, 3.8) is 0 Å². The summed E-state index contributed by atoms with van der Waals surface area (Å²) in [4.78, 5) is 44.5. The summed E-state index contributed by atoms with van der Waals surface area (Å²) in [6.07, 6.45) is 5.15. The normalized spacial score (nSPS) is 20.9. The van der Waals surface area contributed by atoms with Crippen molar-refractivity contribution in [2.24, 2.45) is 0 Å². The van der Waals surface area contributed by atoms with Gasteiger partial charge in [-0.25, -0.2) is 4.79 Å². The molecule has 29 heavy (non-hydrogen) atoms. The molecule has 2 aromatic heterocycles. The van der Waals surface area contributed by atoms with Crippen LogP contribution in [0, 0.1) is 0 Å². The van der Waals surface area contributed by atoms with Crippen molar-refractivity contribution in [3.05, 3.63) is 59.6 Å². The molecule has 146 valence electrons. The van der Waals surface area contributed by atoms with Gasteiger partial charge < -0.3 is 14.6 Å². The molecule has 4 amide bonds. The number of imide groups is 1. The smallest absolute Gasteiger partial charge is 0.322 e. The van der Waals surface area contributed by atoms with Crippen molar-refractivity contribution in [3.8, 4) is 0 Å². The fourth-order valence-electron chi connectivity index (χ4n) is 3.83. The Labute approximate surface area is 169 Å². The van der Waals surface area contributed by atoms with Crippen molar-refractivity contribution in [1.29, 1.82) is 0 Å². The van der Waals surface area contributed by atoms with Gasteiger partial charge in [0, 0.05) is 34.8 Å². The maximum atomic E-state index is 13.0. The number of thioether (sulfide) groups is 1. The lowest BCUT2D eigenvalue weighted by molar-refractivity contribution is -0.125. The van der Waals surface area contributed by atoms with Gasteiger partial charge in [-0.1, -0.05) is 6.07 Å². The lowest BCUT2D eigenvalue weighted by Gasteiger charge is -2.29. The Hall–Kier alpha value is -3.33. The van der Waals surface area contributed by atoms with Gasteiger partial charge in [0.25, 0.3) is 11.8 Å². The summed E-state index contributed by atoms with van der Waals surface area (Å²) in [7, 11) is 0. The third-order valence-corrected chi connectivity index (χ3v) is 6.03. The number of nitrogens with zero attached hydrogens (tertiary/aromatic N) is 2. The van der Waals surface area contributed by atoms with Crippen LogP contribution < -0.4 is 10.6 Å². The number of amides is 4. The molecular formula is C20H16N4O4S. The van der Waals surface area contributed by atoms with Crippen LogP contribution in [0.1, 0.15) is 21.7 Å². The maximum Gasteiger partial charge on any atom is 0.322 e. The number of pyridine rings is 1. The molecule has 9 heteroatoms. The first kappa shape index (κ1) is 17.7. The Kier molecular flexibility index (Phi) is 3.88. The van der Waals surface area contributed by atoms with Crippen LogP contribution in [0.15, 0.2) is 52.0 Å². The molecule has 1 atom stereocenters. The fraction of sp³-hybridized carbons (Fsp3) is 0.200. The second-order valence-electron chi connectivity index (χ2n) is 7.02. The molecule has 1 fully saturated rings. The highest BCUT2D eigenvalue weighted by Gasteiger charge is 2.52. The molecule has 3 aromatic rings. The predicted octanol–water partition coefficient (Wildman–Crippen LogP) is 2.24. The van der Waals surface area contributed by atoms with E-state index in [-0.39, 0.29) is 18.2 Å². The second kappa shape index (κ2) is 6.35. The average Bonchev–Trinajstić information content (AvgIpc) is 3.36. The number of aromatic nitrogens is 1. The Morgan fingerprint density at radius 1 is 1.24 bits per heavy atom. The SMILES string of the molecule is CSc1ccc2c(c1)C(=O)N(CC1(c3cc4cnccc4o3)NC(=O)NC1=O)C2. The van der Waals surface area contributed by atoms with E-state index in [0.717, 1.165) is 10.5 Å². The minimum Gasteiger partial charge on any atom is -0.458 e. The summed E-state index contributed by atoms with van der Waals surface area (Å²) in [6.45, 7) is 0.315. The summed E-state index contributed by atoms with van der Waals surface area (Å²) in [5, 5.41) is 5.66. The first-order valence-electron chi connectivity index (χ1n) is 8.94. The molecule has 2 aliphatic rings. The van der Waals surface area contributed by atoms with E-state index in [1.165, 1.54) is 0 Å². The van der Waals surface area contributed by atoms with Crippen molar-refractivity contribution in [2.45, 2.75) is 17.0 Å². The monoisotopic (exact) mass is 408 g/mol. The first-order chi connectivity index (χ1) is 14.0. The Bertz CT molecular complexity index is 1160. The van der Waals surface area contributed by atoms with Crippen LogP contribution in [-0.4, -0.2) is 40.5 Å². The molecule has 1 unspecified atom stereocenters. The van der Waals surface area contributed by atoms with Gasteiger partial charge in [-0.3, -0.25) is 19.9 Å². The van der Waals surface area contributed by atoms with Gasteiger partial charge in [-0.05, 0) is 36.1 Å². The maximum absolute atomic E-state index is 13.0. The highest BCUT2D eigenvalue weighted by molar-refractivity contribution is 7.98. The van der Waals surface area contributed by atoms with Crippen LogP contribution in [0.4, 0.5) is 4.79 Å². The van der Waals surface area contributed by atoms with Crippen molar-refractivity contribution < 1.29 is 18.8 Å². The van der Waals surface area contributed by atoms with Gasteiger partial charge >= 0.3 is 6.03 Å². The number of hydrogen-bond donors (Lipinski definition) is 2. The molecule has 8 nitrogen and oxygen atoms in total. The van der Waals surface area contributed by atoms with E-state index in [1.807, 2.05) is 24.5 Å². The number of carbonyl (C=O) groups is 3. The van der Waals surface area contributed by atoms with Gasteiger partial charge in [0.1, 0.15) is 11.3 Å². The van der Waals surface area contributed by atoms with E-state index in [4.69, 9.17) is 4.42 Å². The summed E-state index contributed by atoms with van der Waals surface area (Å²) in [6, 6.07) is 8.48. The number of furan rings is 1. The molecule has 0 saturated carbocycles. The molecular weight excluding hydrogens is 392 g/mol. The summed E-state index contributed by atoms with van der Waals surface area (Å²) >= 11 is 1.56. The molecule has 5 rings (SSSR count). The largest absolute Gasteiger partial charge is 0.458 e. The highest BCUT2D eigenvalue weighted by Crippen LogP contribution is 2.34. The van der Waals surface area contributed by atoms with E-state index >= 15 is 0 Å². The number of urea groups is 1. The van der Waals surface area contributed by atoms with Crippen molar-refractivity contribution >= 4 is 40.6 Å². The number of fused-ring (bicyclic) bond motifs is 2. The van der Waals surface area contributed by atoms with Crippen LogP contribution in [0.5, 0.6) is 0 Å². The summed E-state index contributed by atoms with van der Waals surface area (Å²) < 4.78 is 5.88. The lowest BCUT2D eigenvalue weighted by Crippen LogP contribution is -2.52. The molecule has 1 aromatic carbocycles. The zero-order chi connectivity index (χ0) is 20.2. The molecule has 4 heterocycles. The number of benzene rings is 1.